The number of hydrogen-bond acceptors (Lipinski definition) is 6. The summed E-state index contributed by atoms with van der Waals surface area (Å²) in [6.45, 7) is 3.52. The van der Waals surface area contributed by atoms with Crippen LogP contribution in [-0.2, 0) is 29.1 Å². The number of amides is 3. The van der Waals surface area contributed by atoms with Crippen LogP contribution in [0.3, 0.4) is 0 Å². The number of morpholine rings is 1. The molecule has 0 aromatic heterocycles. The first-order valence-corrected chi connectivity index (χ1v) is 11.4. The molecule has 3 rings (SSSR count). The Hall–Kier alpha value is -2.57. The lowest BCUT2D eigenvalue weighted by Crippen LogP contribution is -2.57. The van der Waals surface area contributed by atoms with E-state index in [1.165, 1.54) is 33.8 Å². The third kappa shape index (κ3) is 5.38. The van der Waals surface area contributed by atoms with Gasteiger partial charge >= 0.3 is 11.8 Å². The molecule has 2 aliphatic rings. The van der Waals surface area contributed by atoms with E-state index in [2.05, 4.69) is 4.72 Å². The van der Waals surface area contributed by atoms with Crippen LogP contribution < -0.4 is 4.72 Å². The minimum absolute atomic E-state index is 0.159. The van der Waals surface area contributed by atoms with Crippen LogP contribution in [-0.4, -0.2) is 99.4 Å². The summed E-state index contributed by atoms with van der Waals surface area (Å²) in [5, 5.41) is 0. The van der Waals surface area contributed by atoms with Crippen molar-refractivity contribution in [2.24, 2.45) is 0 Å². The topological polar surface area (TPSA) is 116 Å². The van der Waals surface area contributed by atoms with Crippen molar-refractivity contribution in [2.75, 3.05) is 52.5 Å². The molecule has 0 aliphatic carbocycles. The SMILES string of the molecule is C[C@H](NS(=O)(=O)c1ccccc1F)C(=O)N1CCN(C(=O)C(=O)N2CCOCC2)CC1. The van der Waals surface area contributed by atoms with E-state index in [4.69, 9.17) is 4.74 Å². The maximum atomic E-state index is 13.8. The molecule has 1 aromatic rings. The lowest BCUT2D eigenvalue weighted by Gasteiger charge is -2.36. The van der Waals surface area contributed by atoms with Gasteiger partial charge in [-0.1, -0.05) is 12.1 Å². The molecule has 12 heteroatoms. The molecule has 1 aromatic carbocycles. The molecule has 0 bridgehead atoms. The highest BCUT2D eigenvalue weighted by Gasteiger charge is 2.33. The Balaban J connectivity index is 1.54. The molecule has 170 valence electrons. The predicted molar refractivity (Wildman–Crippen MR) is 107 cm³/mol. The molecule has 3 amide bonds. The first-order chi connectivity index (χ1) is 14.7. The van der Waals surface area contributed by atoms with Crippen molar-refractivity contribution in [3.63, 3.8) is 0 Å². The van der Waals surface area contributed by atoms with Gasteiger partial charge in [-0.3, -0.25) is 14.4 Å². The summed E-state index contributed by atoms with van der Waals surface area (Å²) in [4.78, 5) is 41.2. The molecule has 1 N–H and O–H groups in total. The van der Waals surface area contributed by atoms with Crippen LogP contribution in [0.5, 0.6) is 0 Å². The van der Waals surface area contributed by atoms with Crippen LogP contribution in [0.2, 0.25) is 0 Å². The fourth-order valence-corrected chi connectivity index (χ4v) is 4.73. The summed E-state index contributed by atoms with van der Waals surface area (Å²) < 4.78 is 46.0. The van der Waals surface area contributed by atoms with Crippen LogP contribution in [0.15, 0.2) is 29.2 Å². The molecule has 0 radical (unpaired) electrons. The normalized spacial score (nSPS) is 18.6. The molecule has 0 saturated carbocycles. The number of hydrogen-bond donors (Lipinski definition) is 1. The second-order valence-corrected chi connectivity index (χ2v) is 8.98. The first kappa shape index (κ1) is 23.1. The zero-order chi connectivity index (χ0) is 22.6. The van der Waals surface area contributed by atoms with Gasteiger partial charge in [0, 0.05) is 39.3 Å². The molecule has 31 heavy (non-hydrogen) atoms. The summed E-state index contributed by atoms with van der Waals surface area (Å²) in [6.07, 6.45) is 0. The van der Waals surface area contributed by atoms with Gasteiger partial charge in [-0.2, -0.15) is 4.72 Å². The van der Waals surface area contributed by atoms with Crippen molar-refractivity contribution in [3.05, 3.63) is 30.1 Å². The number of carbonyl (C=O) groups excluding carboxylic acids is 3. The monoisotopic (exact) mass is 456 g/mol. The van der Waals surface area contributed by atoms with Crippen LogP contribution >= 0.6 is 0 Å². The summed E-state index contributed by atoms with van der Waals surface area (Å²) >= 11 is 0. The minimum atomic E-state index is -4.22. The number of nitrogens with one attached hydrogen (secondary N) is 1. The maximum Gasteiger partial charge on any atom is 0.312 e. The number of sulfonamides is 1. The summed E-state index contributed by atoms with van der Waals surface area (Å²) in [7, 11) is -4.22. The van der Waals surface area contributed by atoms with Crippen molar-refractivity contribution >= 4 is 27.7 Å². The number of halogens is 1. The van der Waals surface area contributed by atoms with E-state index in [0.717, 1.165) is 12.1 Å². The van der Waals surface area contributed by atoms with Crippen LogP contribution in [0.4, 0.5) is 4.39 Å². The number of piperazine rings is 1. The number of carbonyl (C=O) groups is 3. The highest BCUT2D eigenvalue weighted by molar-refractivity contribution is 7.89. The van der Waals surface area contributed by atoms with Gasteiger partial charge in [-0.05, 0) is 19.1 Å². The largest absolute Gasteiger partial charge is 0.378 e. The van der Waals surface area contributed by atoms with Crippen molar-refractivity contribution in [3.8, 4) is 0 Å². The van der Waals surface area contributed by atoms with E-state index < -0.39 is 44.5 Å². The second-order valence-electron chi connectivity index (χ2n) is 7.30. The van der Waals surface area contributed by atoms with Crippen LogP contribution in [0, 0.1) is 5.82 Å². The molecule has 2 aliphatic heterocycles. The lowest BCUT2D eigenvalue weighted by atomic mass is 10.2. The maximum absolute atomic E-state index is 13.8. The quantitative estimate of drug-likeness (QED) is 0.583. The number of nitrogens with zero attached hydrogens (tertiary/aromatic N) is 3. The minimum Gasteiger partial charge on any atom is -0.378 e. The van der Waals surface area contributed by atoms with Crippen LogP contribution in [0.1, 0.15) is 6.92 Å². The zero-order valence-corrected chi connectivity index (χ0v) is 17.9. The van der Waals surface area contributed by atoms with Gasteiger partial charge in [0.05, 0.1) is 19.3 Å². The summed E-state index contributed by atoms with van der Waals surface area (Å²) in [6, 6.07) is 3.77. The Bertz CT molecular complexity index is 942. The number of rotatable bonds is 4. The standard InChI is InChI=1S/C19H25FN4O6S/c1-14(21-31(28,29)16-5-3-2-4-15(16)20)17(25)22-6-8-23(9-7-22)18(26)19(27)24-10-12-30-13-11-24/h2-5,14,21H,6-13H2,1H3/t14-/m0/s1. The average molecular weight is 456 g/mol. The van der Waals surface area contributed by atoms with Gasteiger partial charge in [0.15, 0.2) is 0 Å². The van der Waals surface area contributed by atoms with E-state index >= 15 is 0 Å². The van der Waals surface area contributed by atoms with E-state index in [-0.39, 0.29) is 26.2 Å². The fraction of sp³-hybridized carbons (Fsp3) is 0.526. The Kier molecular flexibility index (Phi) is 7.23. The molecule has 2 fully saturated rings. The summed E-state index contributed by atoms with van der Waals surface area (Å²) in [5.74, 6) is -2.62. The molecule has 0 spiro atoms. The van der Waals surface area contributed by atoms with Crippen molar-refractivity contribution < 1.29 is 31.9 Å². The van der Waals surface area contributed by atoms with E-state index in [0.29, 0.717) is 26.3 Å². The Labute approximate surface area is 180 Å². The Morgan fingerprint density at radius 3 is 2.03 bits per heavy atom. The first-order valence-electron chi connectivity index (χ1n) is 9.92. The fourth-order valence-electron chi connectivity index (χ4n) is 3.45. The highest BCUT2D eigenvalue weighted by Crippen LogP contribution is 2.14. The van der Waals surface area contributed by atoms with E-state index in [1.807, 2.05) is 0 Å². The third-order valence-electron chi connectivity index (χ3n) is 5.19. The van der Waals surface area contributed by atoms with Crippen LogP contribution in [0.25, 0.3) is 0 Å². The third-order valence-corrected chi connectivity index (χ3v) is 6.76. The Morgan fingerprint density at radius 1 is 0.935 bits per heavy atom. The average Bonchev–Trinajstić information content (AvgIpc) is 2.78. The van der Waals surface area contributed by atoms with Gasteiger partial charge in [0.1, 0.15) is 10.7 Å². The molecule has 0 unspecified atom stereocenters. The summed E-state index contributed by atoms with van der Waals surface area (Å²) in [5.41, 5.74) is 0. The number of ether oxygens (including phenoxy) is 1. The van der Waals surface area contributed by atoms with Gasteiger partial charge in [0.2, 0.25) is 15.9 Å². The van der Waals surface area contributed by atoms with Crippen molar-refractivity contribution in [2.45, 2.75) is 17.9 Å². The molecule has 1 atom stereocenters. The molecular weight excluding hydrogens is 431 g/mol. The lowest BCUT2D eigenvalue weighted by molar-refractivity contribution is -0.155. The van der Waals surface area contributed by atoms with Gasteiger partial charge < -0.3 is 19.4 Å². The second kappa shape index (κ2) is 9.71. The molecule has 2 heterocycles. The van der Waals surface area contributed by atoms with Crippen molar-refractivity contribution in [1.82, 2.24) is 19.4 Å². The molecule has 10 nitrogen and oxygen atoms in total. The van der Waals surface area contributed by atoms with E-state index in [9.17, 15) is 27.2 Å². The van der Waals surface area contributed by atoms with Gasteiger partial charge in [0.25, 0.3) is 0 Å². The van der Waals surface area contributed by atoms with Gasteiger partial charge in [-0.25, -0.2) is 12.8 Å². The Morgan fingerprint density at radius 2 is 1.45 bits per heavy atom. The zero-order valence-electron chi connectivity index (χ0n) is 17.1. The predicted octanol–water partition coefficient (Wildman–Crippen LogP) is -0.978. The van der Waals surface area contributed by atoms with Crippen molar-refractivity contribution in [1.29, 1.82) is 0 Å². The van der Waals surface area contributed by atoms with E-state index in [1.54, 1.807) is 0 Å². The van der Waals surface area contributed by atoms with Gasteiger partial charge in [-0.15, -0.1) is 0 Å². The molecule has 2 saturated heterocycles. The highest BCUT2D eigenvalue weighted by atomic mass is 32.2. The molecular formula is C19H25FN4O6S. The smallest absolute Gasteiger partial charge is 0.312 e. The number of benzene rings is 1.